The quantitative estimate of drug-likeness (QED) is 0.655. The van der Waals surface area contributed by atoms with Gasteiger partial charge in [0.05, 0.1) is 0 Å². The molecule has 1 N–H and O–H groups in total. The van der Waals surface area contributed by atoms with Gasteiger partial charge in [-0.15, -0.1) is 11.3 Å². The van der Waals surface area contributed by atoms with E-state index in [4.69, 9.17) is 11.6 Å². The third-order valence-corrected chi connectivity index (χ3v) is 4.02. The first-order valence-electron chi connectivity index (χ1n) is 5.94. The van der Waals surface area contributed by atoms with Crippen LogP contribution in [0.5, 0.6) is 0 Å². The maximum atomic E-state index is 6.16. The van der Waals surface area contributed by atoms with Crippen LogP contribution >= 0.6 is 22.9 Å². The predicted molar refractivity (Wildman–Crippen MR) is 75.2 cm³/mol. The molecule has 0 aliphatic heterocycles. The molecule has 2 heterocycles. The number of hydrogen-bond donors (Lipinski definition) is 1. The number of thiophene rings is 1. The van der Waals surface area contributed by atoms with Crippen LogP contribution in [0.4, 0.5) is 5.95 Å². The summed E-state index contributed by atoms with van der Waals surface area (Å²) in [7, 11) is 0. The van der Waals surface area contributed by atoms with E-state index in [2.05, 4.69) is 35.2 Å². The summed E-state index contributed by atoms with van der Waals surface area (Å²) in [5.41, 5.74) is 0. The first-order valence-corrected chi connectivity index (χ1v) is 7.13. The van der Waals surface area contributed by atoms with E-state index in [9.17, 15) is 0 Å². The Balaban J connectivity index is 2.27. The van der Waals surface area contributed by atoms with Crippen molar-refractivity contribution in [2.75, 3.05) is 11.9 Å². The first kappa shape index (κ1) is 12.6. The zero-order chi connectivity index (χ0) is 12.3. The summed E-state index contributed by atoms with van der Waals surface area (Å²) >= 11 is 7.85. The highest BCUT2D eigenvalue weighted by Gasteiger charge is 2.09. The van der Waals surface area contributed by atoms with E-state index in [1.54, 1.807) is 11.3 Å². The number of aromatic nitrogens is 2. The molecule has 0 saturated heterocycles. The summed E-state index contributed by atoms with van der Waals surface area (Å²) in [5, 5.41) is 4.72. The lowest BCUT2D eigenvalue weighted by atomic mass is 10.3. The van der Waals surface area contributed by atoms with Gasteiger partial charge in [0, 0.05) is 16.8 Å². The van der Waals surface area contributed by atoms with Crippen LogP contribution in [0.3, 0.4) is 0 Å². The predicted octanol–water partition coefficient (Wildman–Crippen LogP) is 4.12. The lowest BCUT2D eigenvalue weighted by Crippen LogP contribution is -2.04. The number of hydrogen-bond acceptors (Lipinski definition) is 4. The maximum absolute atomic E-state index is 6.16. The van der Waals surface area contributed by atoms with Gasteiger partial charge in [-0.1, -0.05) is 31.9 Å². The highest BCUT2D eigenvalue weighted by molar-refractivity contribution is 7.18. The van der Waals surface area contributed by atoms with Gasteiger partial charge < -0.3 is 5.32 Å². The van der Waals surface area contributed by atoms with Gasteiger partial charge in [0.15, 0.2) is 0 Å². The van der Waals surface area contributed by atoms with E-state index >= 15 is 0 Å². The molecule has 0 unspecified atom stereocenters. The third-order valence-electron chi connectivity index (χ3n) is 2.56. The molecule has 0 spiro atoms. The van der Waals surface area contributed by atoms with Crippen molar-refractivity contribution >= 4 is 39.1 Å². The second-order valence-electron chi connectivity index (χ2n) is 3.90. The Labute approximate surface area is 110 Å². The molecular weight excluding hydrogens is 254 g/mol. The second kappa shape index (κ2) is 5.65. The van der Waals surface area contributed by atoms with Crippen LogP contribution < -0.4 is 5.32 Å². The van der Waals surface area contributed by atoms with E-state index in [1.807, 2.05) is 0 Å². The van der Waals surface area contributed by atoms with Crippen LogP contribution in [0.15, 0.2) is 6.07 Å². The van der Waals surface area contributed by atoms with Crippen molar-refractivity contribution < 1.29 is 0 Å². The largest absolute Gasteiger partial charge is 0.354 e. The molecule has 0 saturated carbocycles. The fourth-order valence-electron chi connectivity index (χ4n) is 1.57. The molecule has 0 atom stereocenters. The molecule has 17 heavy (non-hydrogen) atoms. The molecule has 92 valence electrons. The van der Waals surface area contributed by atoms with Gasteiger partial charge in [0.2, 0.25) is 5.95 Å². The van der Waals surface area contributed by atoms with Crippen LogP contribution in [0.25, 0.3) is 10.2 Å². The summed E-state index contributed by atoms with van der Waals surface area (Å²) in [6.07, 6.45) is 3.28. The molecule has 2 aromatic heterocycles. The molecule has 0 aliphatic carbocycles. The molecule has 0 aliphatic rings. The van der Waals surface area contributed by atoms with Crippen LogP contribution in [0.1, 0.15) is 31.6 Å². The number of nitrogens with one attached hydrogen (secondary N) is 1. The minimum absolute atomic E-state index is 0.546. The minimum atomic E-state index is 0.546. The highest BCUT2D eigenvalue weighted by Crippen LogP contribution is 2.29. The maximum Gasteiger partial charge on any atom is 0.225 e. The van der Waals surface area contributed by atoms with Crippen LogP contribution in [-0.2, 0) is 6.42 Å². The highest BCUT2D eigenvalue weighted by atomic mass is 35.5. The van der Waals surface area contributed by atoms with E-state index in [0.29, 0.717) is 11.1 Å². The third kappa shape index (κ3) is 2.87. The SMILES string of the molecule is CCCCNc1nc(Cl)c2cc(CC)sc2n1. The summed E-state index contributed by atoms with van der Waals surface area (Å²) in [4.78, 5) is 11.0. The number of unbranched alkanes of at least 4 members (excludes halogenated alkanes) is 1. The second-order valence-corrected chi connectivity index (χ2v) is 5.38. The summed E-state index contributed by atoms with van der Waals surface area (Å²) in [5.74, 6) is 0.639. The van der Waals surface area contributed by atoms with Crippen LogP contribution in [-0.4, -0.2) is 16.5 Å². The standard InChI is InChI=1S/C12H16ClN3S/c1-3-5-6-14-12-15-10(13)9-7-8(4-2)17-11(9)16-12/h7H,3-6H2,1-2H3,(H,14,15,16). The molecule has 3 nitrogen and oxygen atoms in total. The number of fused-ring (bicyclic) bond motifs is 1. The van der Waals surface area contributed by atoms with Gasteiger partial charge in [0.1, 0.15) is 9.98 Å². The zero-order valence-corrected chi connectivity index (χ0v) is 11.7. The Morgan fingerprint density at radius 2 is 2.18 bits per heavy atom. The smallest absolute Gasteiger partial charge is 0.225 e. The van der Waals surface area contributed by atoms with Crippen molar-refractivity contribution in [1.82, 2.24) is 9.97 Å². The van der Waals surface area contributed by atoms with Crippen molar-refractivity contribution in [3.05, 3.63) is 16.1 Å². The van der Waals surface area contributed by atoms with Crippen molar-refractivity contribution in [3.63, 3.8) is 0 Å². The van der Waals surface area contributed by atoms with E-state index in [1.165, 1.54) is 4.88 Å². The van der Waals surface area contributed by atoms with Gasteiger partial charge in [0.25, 0.3) is 0 Å². The van der Waals surface area contributed by atoms with Crippen molar-refractivity contribution in [3.8, 4) is 0 Å². The molecule has 0 fully saturated rings. The van der Waals surface area contributed by atoms with E-state index in [0.717, 1.165) is 36.0 Å². The van der Waals surface area contributed by atoms with Gasteiger partial charge in [-0.05, 0) is 18.9 Å². The van der Waals surface area contributed by atoms with Gasteiger partial charge in [-0.2, -0.15) is 0 Å². The Kier molecular flexibility index (Phi) is 4.18. The molecule has 0 amide bonds. The normalized spacial score (nSPS) is 11.0. The average molecular weight is 270 g/mol. The number of rotatable bonds is 5. The summed E-state index contributed by atoms with van der Waals surface area (Å²) in [6.45, 7) is 5.18. The Bertz CT molecular complexity index is 510. The van der Waals surface area contributed by atoms with Gasteiger partial charge in [-0.25, -0.2) is 9.97 Å². The summed E-state index contributed by atoms with van der Waals surface area (Å²) < 4.78 is 0. The lowest BCUT2D eigenvalue weighted by molar-refractivity contribution is 0.827. The number of nitrogens with zero attached hydrogens (tertiary/aromatic N) is 2. The number of anilines is 1. The Morgan fingerprint density at radius 1 is 1.35 bits per heavy atom. The molecule has 2 aromatic rings. The van der Waals surface area contributed by atoms with Crippen molar-refractivity contribution in [2.24, 2.45) is 0 Å². The molecular formula is C12H16ClN3S. The monoisotopic (exact) mass is 269 g/mol. The molecule has 0 bridgehead atoms. The molecule has 0 radical (unpaired) electrons. The Hall–Kier alpha value is -0.870. The molecule has 0 aromatic carbocycles. The first-order chi connectivity index (χ1) is 8.24. The fraction of sp³-hybridized carbons (Fsp3) is 0.500. The summed E-state index contributed by atoms with van der Waals surface area (Å²) in [6, 6.07) is 2.08. The van der Waals surface area contributed by atoms with Crippen LogP contribution in [0.2, 0.25) is 5.15 Å². The Morgan fingerprint density at radius 3 is 2.88 bits per heavy atom. The van der Waals surface area contributed by atoms with Crippen molar-refractivity contribution in [2.45, 2.75) is 33.1 Å². The minimum Gasteiger partial charge on any atom is -0.354 e. The van der Waals surface area contributed by atoms with Gasteiger partial charge >= 0.3 is 0 Å². The van der Waals surface area contributed by atoms with E-state index in [-0.39, 0.29) is 0 Å². The molecule has 5 heteroatoms. The molecule has 2 rings (SSSR count). The fourth-order valence-corrected chi connectivity index (χ4v) is 2.81. The van der Waals surface area contributed by atoms with Crippen molar-refractivity contribution in [1.29, 1.82) is 0 Å². The van der Waals surface area contributed by atoms with E-state index < -0.39 is 0 Å². The number of halogens is 1. The van der Waals surface area contributed by atoms with Gasteiger partial charge in [-0.3, -0.25) is 0 Å². The average Bonchev–Trinajstić information content (AvgIpc) is 2.73. The topological polar surface area (TPSA) is 37.8 Å². The lowest BCUT2D eigenvalue weighted by Gasteiger charge is -2.03. The van der Waals surface area contributed by atoms with Crippen LogP contribution in [0, 0.1) is 0 Å². The number of aryl methyl sites for hydroxylation is 1. The zero-order valence-electron chi connectivity index (χ0n) is 10.1.